The molecule has 1 amide bonds. The summed E-state index contributed by atoms with van der Waals surface area (Å²) >= 11 is 0. The van der Waals surface area contributed by atoms with Crippen LogP contribution in [0.5, 0.6) is 5.75 Å². The minimum atomic E-state index is -3.95. The zero-order valence-electron chi connectivity index (χ0n) is 20.2. The van der Waals surface area contributed by atoms with E-state index in [-0.39, 0.29) is 18.1 Å². The van der Waals surface area contributed by atoms with Crippen LogP contribution in [0.2, 0.25) is 0 Å². The molecule has 1 aromatic rings. The third kappa shape index (κ3) is 17.4. The Kier molecular flexibility index (Phi) is 16.0. The van der Waals surface area contributed by atoms with Crippen LogP contribution in [-0.2, 0) is 19.7 Å². The van der Waals surface area contributed by atoms with Gasteiger partial charge in [-0.05, 0) is 37.8 Å². The molecule has 1 rings (SSSR count). The molecule has 0 radical (unpaired) electrons. The molecule has 3 N–H and O–H groups in total. The second-order valence-electron chi connectivity index (χ2n) is 8.67. The van der Waals surface area contributed by atoms with Crippen molar-refractivity contribution >= 4 is 27.7 Å². The standard InChI is InChI=1S/C25H41NO7S/c27-24(18-10-8-6-4-2-1-3-5-7-9-11-19-25(28)29)26-22-16-12-13-17-23(22)33-20-14-15-21-34(30,31)32/h12-13,16-17H,1-11,14-15,18-21H2,(H,26,27)(H,28,29)(H,30,31,32). The number of nitrogens with one attached hydrogen (secondary N) is 1. The highest BCUT2D eigenvalue weighted by Crippen LogP contribution is 2.24. The summed E-state index contributed by atoms with van der Waals surface area (Å²) in [7, 11) is -3.95. The predicted octanol–water partition coefficient (Wildman–Crippen LogP) is 5.83. The van der Waals surface area contributed by atoms with Gasteiger partial charge < -0.3 is 15.2 Å². The number of amides is 1. The lowest BCUT2D eigenvalue weighted by atomic mass is 10.0. The predicted molar refractivity (Wildman–Crippen MR) is 134 cm³/mol. The van der Waals surface area contributed by atoms with Crippen molar-refractivity contribution in [2.24, 2.45) is 0 Å². The molecule has 0 spiro atoms. The Labute approximate surface area is 204 Å². The highest BCUT2D eigenvalue weighted by atomic mass is 32.2. The number of carbonyl (C=O) groups is 2. The summed E-state index contributed by atoms with van der Waals surface area (Å²) in [5.74, 6) is -0.500. The van der Waals surface area contributed by atoms with E-state index in [1.165, 1.54) is 32.1 Å². The molecule has 0 saturated carbocycles. The molecule has 194 valence electrons. The second kappa shape index (κ2) is 18.2. The molecule has 0 bridgehead atoms. The van der Waals surface area contributed by atoms with E-state index in [0.717, 1.165) is 38.5 Å². The minimum absolute atomic E-state index is 0.0506. The summed E-state index contributed by atoms with van der Waals surface area (Å²) in [4.78, 5) is 22.7. The Hall–Kier alpha value is -2.13. The highest BCUT2D eigenvalue weighted by Gasteiger charge is 2.08. The minimum Gasteiger partial charge on any atom is -0.491 e. The number of unbranched alkanes of at least 4 members (excludes halogenated alkanes) is 11. The summed E-state index contributed by atoms with van der Waals surface area (Å²) in [5, 5.41) is 11.5. The molecule has 0 aliphatic heterocycles. The van der Waals surface area contributed by atoms with Crippen LogP contribution in [0.25, 0.3) is 0 Å². The van der Waals surface area contributed by atoms with Crippen LogP contribution in [0.15, 0.2) is 24.3 Å². The lowest BCUT2D eigenvalue weighted by Crippen LogP contribution is -2.12. The van der Waals surface area contributed by atoms with Crippen molar-refractivity contribution in [1.82, 2.24) is 0 Å². The van der Waals surface area contributed by atoms with Crippen molar-refractivity contribution in [3.8, 4) is 5.75 Å². The molecular formula is C25H41NO7S. The number of carboxylic acid groups (broad SMARTS) is 1. The van der Waals surface area contributed by atoms with Crippen LogP contribution in [0.1, 0.15) is 96.3 Å². The van der Waals surface area contributed by atoms with E-state index >= 15 is 0 Å². The average Bonchev–Trinajstić information content (AvgIpc) is 2.76. The van der Waals surface area contributed by atoms with Gasteiger partial charge in [-0.1, -0.05) is 69.9 Å². The van der Waals surface area contributed by atoms with Crippen molar-refractivity contribution in [2.75, 3.05) is 17.7 Å². The van der Waals surface area contributed by atoms with Crippen LogP contribution < -0.4 is 10.1 Å². The Bertz CT molecular complexity index is 811. The first kappa shape index (κ1) is 29.9. The second-order valence-corrected chi connectivity index (χ2v) is 10.2. The van der Waals surface area contributed by atoms with Gasteiger partial charge in [0.1, 0.15) is 5.75 Å². The molecule has 0 unspecified atom stereocenters. The van der Waals surface area contributed by atoms with Gasteiger partial charge in [-0.15, -0.1) is 0 Å². The van der Waals surface area contributed by atoms with Crippen molar-refractivity contribution in [2.45, 2.75) is 96.3 Å². The van der Waals surface area contributed by atoms with Gasteiger partial charge in [0.25, 0.3) is 10.1 Å². The smallest absolute Gasteiger partial charge is 0.303 e. The molecule has 0 heterocycles. The highest BCUT2D eigenvalue weighted by molar-refractivity contribution is 7.85. The van der Waals surface area contributed by atoms with Crippen LogP contribution in [0, 0.1) is 0 Å². The van der Waals surface area contributed by atoms with Gasteiger partial charge in [-0.25, -0.2) is 0 Å². The summed E-state index contributed by atoms with van der Waals surface area (Å²) in [5.41, 5.74) is 0.602. The topological polar surface area (TPSA) is 130 Å². The largest absolute Gasteiger partial charge is 0.491 e. The van der Waals surface area contributed by atoms with E-state index in [1.54, 1.807) is 12.1 Å². The van der Waals surface area contributed by atoms with Gasteiger partial charge in [-0.2, -0.15) is 8.42 Å². The molecule has 0 aliphatic rings. The van der Waals surface area contributed by atoms with Crippen molar-refractivity contribution in [3.63, 3.8) is 0 Å². The van der Waals surface area contributed by atoms with Crippen molar-refractivity contribution < 1.29 is 32.4 Å². The summed E-state index contributed by atoms with van der Waals surface area (Å²) in [6, 6.07) is 7.16. The van der Waals surface area contributed by atoms with E-state index in [2.05, 4.69) is 5.32 Å². The fraction of sp³-hybridized carbons (Fsp3) is 0.680. The van der Waals surface area contributed by atoms with Gasteiger partial charge in [0, 0.05) is 12.8 Å². The number of anilines is 1. The number of carbonyl (C=O) groups excluding carboxylic acids is 1. The number of benzene rings is 1. The first-order chi connectivity index (χ1) is 16.3. The first-order valence-electron chi connectivity index (χ1n) is 12.5. The zero-order valence-corrected chi connectivity index (χ0v) is 21.0. The zero-order chi connectivity index (χ0) is 25.1. The molecule has 34 heavy (non-hydrogen) atoms. The molecule has 0 aromatic heterocycles. The third-order valence-electron chi connectivity index (χ3n) is 5.51. The van der Waals surface area contributed by atoms with E-state index in [4.69, 9.17) is 14.4 Å². The molecule has 9 heteroatoms. The Morgan fingerprint density at radius 1 is 0.765 bits per heavy atom. The summed E-state index contributed by atoms with van der Waals surface area (Å²) < 4.78 is 35.9. The number of aliphatic carboxylic acids is 1. The van der Waals surface area contributed by atoms with Crippen molar-refractivity contribution in [3.05, 3.63) is 24.3 Å². The molecule has 0 saturated heterocycles. The maximum absolute atomic E-state index is 12.3. The molecule has 0 atom stereocenters. The maximum atomic E-state index is 12.3. The number of hydrogen-bond acceptors (Lipinski definition) is 5. The van der Waals surface area contributed by atoms with Crippen LogP contribution in [-0.4, -0.2) is 42.3 Å². The summed E-state index contributed by atoms with van der Waals surface area (Å²) in [6.45, 7) is 0.299. The molecule has 0 fully saturated rings. The van der Waals surface area contributed by atoms with E-state index < -0.39 is 16.1 Å². The quantitative estimate of drug-likeness (QED) is 0.143. The van der Waals surface area contributed by atoms with Crippen LogP contribution >= 0.6 is 0 Å². The fourth-order valence-corrected chi connectivity index (χ4v) is 4.20. The average molecular weight is 500 g/mol. The lowest BCUT2D eigenvalue weighted by molar-refractivity contribution is -0.137. The van der Waals surface area contributed by atoms with E-state index in [9.17, 15) is 18.0 Å². The van der Waals surface area contributed by atoms with E-state index in [1.807, 2.05) is 12.1 Å². The van der Waals surface area contributed by atoms with Crippen LogP contribution in [0.4, 0.5) is 5.69 Å². The maximum Gasteiger partial charge on any atom is 0.303 e. The molecule has 0 aliphatic carbocycles. The summed E-state index contributed by atoms with van der Waals surface area (Å²) in [6.07, 6.45) is 13.4. The van der Waals surface area contributed by atoms with Gasteiger partial charge >= 0.3 is 5.97 Å². The van der Waals surface area contributed by atoms with Gasteiger partial charge in [0.15, 0.2) is 0 Å². The van der Waals surface area contributed by atoms with Gasteiger partial charge in [0.2, 0.25) is 5.91 Å². The third-order valence-corrected chi connectivity index (χ3v) is 6.31. The Morgan fingerprint density at radius 2 is 1.29 bits per heavy atom. The van der Waals surface area contributed by atoms with E-state index in [0.29, 0.717) is 37.3 Å². The molecular weight excluding hydrogens is 458 g/mol. The van der Waals surface area contributed by atoms with Crippen LogP contribution in [0.3, 0.4) is 0 Å². The van der Waals surface area contributed by atoms with Gasteiger partial charge in [0.05, 0.1) is 18.0 Å². The number of rotatable bonds is 21. The monoisotopic (exact) mass is 499 g/mol. The number of para-hydroxylation sites is 2. The van der Waals surface area contributed by atoms with Gasteiger partial charge in [-0.3, -0.25) is 14.1 Å². The number of hydrogen-bond donors (Lipinski definition) is 3. The number of ether oxygens (including phenoxy) is 1. The first-order valence-corrected chi connectivity index (χ1v) is 14.1. The fourth-order valence-electron chi connectivity index (χ4n) is 3.63. The SMILES string of the molecule is O=C(O)CCCCCCCCCCCCCC(=O)Nc1ccccc1OCCCCS(=O)(=O)O. The lowest BCUT2D eigenvalue weighted by Gasteiger charge is -2.12. The van der Waals surface area contributed by atoms with Crippen molar-refractivity contribution in [1.29, 1.82) is 0 Å². The Balaban J connectivity index is 2.07. The molecule has 8 nitrogen and oxygen atoms in total. The Morgan fingerprint density at radius 3 is 1.85 bits per heavy atom. The normalized spacial score (nSPS) is 11.3. The number of carboxylic acids is 1. The molecule has 1 aromatic carbocycles.